The van der Waals surface area contributed by atoms with Crippen LogP contribution in [0.25, 0.3) is 0 Å². The predicted molar refractivity (Wildman–Crippen MR) is 86.1 cm³/mol. The van der Waals surface area contributed by atoms with Crippen molar-refractivity contribution in [3.63, 3.8) is 0 Å². The number of amides is 1. The van der Waals surface area contributed by atoms with Gasteiger partial charge in [0, 0.05) is 31.7 Å². The smallest absolute Gasteiger partial charge is 0.220 e. The van der Waals surface area contributed by atoms with E-state index >= 15 is 0 Å². The molecule has 0 aliphatic rings. The van der Waals surface area contributed by atoms with Gasteiger partial charge in [-0.15, -0.1) is 0 Å². The average molecular weight is 276 g/mol. The van der Waals surface area contributed by atoms with E-state index in [4.69, 9.17) is 0 Å². The van der Waals surface area contributed by atoms with Crippen LogP contribution >= 0.6 is 0 Å². The lowest BCUT2D eigenvalue weighted by molar-refractivity contribution is -0.121. The Kier molecular flexibility index (Phi) is 7.13. The average Bonchev–Trinajstić information content (AvgIpc) is 2.42. The number of carbonyl (C=O) groups is 1. The van der Waals surface area contributed by atoms with Crippen LogP contribution in [-0.2, 0) is 4.79 Å². The summed E-state index contributed by atoms with van der Waals surface area (Å²) in [6.07, 6.45) is 1.59. The van der Waals surface area contributed by atoms with Gasteiger partial charge >= 0.3 is 0 Å². The van der Waals surface area contributed by atoms with Gasteiger partial charge in [0.2, 0.25) is 5.91 Å². The summed E-state index contributed by atoms with van der Waals surface area (Å²) in [5.74, 6) is 0.749. The number of nitrogens with one attached hydrogen (secondary N) is 1. The zero-order chi connectivity index (χ0) is 15.0. The van der Waals surface area contributed by atoms with Crippen molar-refractivity contribution < 1.29 is 4.79 Å². The van der Waals surface area contributed by atoms with E-state index in [2.05, 4.69) is 62.2 Å². The highest BCUT2D eigenvalue weighted by molar-refractivity contribution is 5.75. The number of aryl methyl sites for hydroxylation is 1. The fourth-order valence-corrected chi connectivity index (χ4v) is 2.21. The third kappa shape index (κ3) is 5.64. The Labute approximate surface area is 123 Å². The molecule has 0 unspecified atom stereocenters. The van der Waals surface area contributed by atoms with Crippen LogP contribution in [0.4, 0.5) is 5.69 Å². The number of nitrogens with zero attached hydrogens (tertiary/aromatic N) is 1. The summed E-state index contributed by atoms with van der Waals surface area (Å²) in [5, 5.41) is 3.01. The van der Waals surface area contributed by atoms with Crippen LogP contribution in [0.2, 0.25) is 0 Å². The van der Waals surface area contributed by atoms with E-state index in [0.29, 0.717) is 18.9 Å². The predicted octanol–water partition coefficient (Wildman–Crippen LogP) is 3.37. The molecule has 3 heteroatoms. The van der Waals surface area contributed by atoms with Crippen molar-refractivity contribution in [3.05, 3.63) is 29.8 Å². The van der Waals surface area contributed by atoms with E-state index in [9.17, 15) is 4.79 Å². The SMILES string of the molecule is CCN(CCNC(=O)CCC(C)C)c1ccccc1C. The summed E-state index contributed by atoms with van der Waals surface area (Å²) in [6.45, 7) is 11.1. The molecule has 112 valence electrons. The summed E-state index contributed by atoms with van der Waals surface area (Å²) < 4.78 is 0. The normalized spacial score (nSPS) is 10.7. The first-order valence-corrected chi connectivity index (χ1v) is 7.61. The minimum absolute atomic E-state index is 0.166. The van der Waals surface area contributed by atoms with Gasteiger partial charge in [-0.1, -0.05) is 32.0 Å². The molecule has 0 bridgehead atoms. The molecule has 1 aromatic carbocycles. The van der Waals surface area contributed by atoms with Crippen molar-refractivity contribution in [2.45, 2.75) is 40.5 Å². The largest absolute Gasteiger partial charge is 0.370 e. The van der Waals surface area contributed by atoms with Gasteiger partial charge in [-0.2, -0.15) is 0 Å². The summed E-state index contributed by atoms with van der Waals surface area (Å²) in [5.41, 5.74) is 2.53. The van der Waals surface area contributed by atoms with Gasteiger partial charge in [0.15, 0.2) is 0 Å². The lowest BCUT2D eigenvalue weighted by Gasteiger charge is -2.25. The standard InChI is InChI=1S/C17H28N2O/c1-5-19(16-9-7-6-8-15(16)4)13-12-18-17(20)11-10-14(2)3/h6-9,14H,5,10-13H2,1-4H3,(H,18,20). The molecule has 1 rings (SSSR count). The molecule has 0 saturated carbocycles. The number of para-hydroxylation sites is 1. The van der Waals surface area contributed by atoms with Gasteiger partial charge in [-0.05, 0) is 37.8 Å². The Morgan fingerprint density at radius 1 is 1.30 bits per heavy atom. The van der Waals surface area contributed by atoms with Crippen LogP contribution in [0.5, 0.6) is 0 Å². The summed E-state index contributed by atoms with van der Waals surface area (Å²) >= 11 is 0. The van der Waals surface area contributed by atoms with Gasteiger partial charge < -0.3 is 10.2 Å². The van der Waals surface area contributed by atoms with Crippen molar-refractivity contribution in [3.8, 4) is 0 Å². The molecule has 0 heterocycles. The molecule has 3 nitrogen and oxygen atoms in total. The maximum absolute atomic E-state index is 11.7. The fourth-order valence-electron chi connectivity index (χ4n) is 2.21. The van der Waals surface area contributed by atoms with Crippen molar-refractivity contribution in [1.82, 2.24) is 5.32 Å². The topological polar surface area (TPSA) is 32.3 Å². The highest BCUT2D eigenvalue weighted by Gasteiger charge is 2.07. The monoisotopic (exact) mass is 276 g/mol. The van der Waals surface area contributed by atoms with Crippen molar-refractivity contribution >= 4 is 11.6 Å². The van der Waals surface area contributed by atoms with Crippen LogP contribution in [0.15, 0.2) is 24.3 Å². The molecular formula is C17H28N2O. The Bertz CT molecular complexity index is 415. The lowest BCUT2D eigenvalue weighted by Crippen LogP contribution is -2.35. The Hall–Kier alpha value is -1.51. The van der Waals surface area contributed by atoms with Crippen LogP contribution < -0.4 is 10.2 Å². The number of anilines is 1. The molecule has 0 atom stereocenters. The van der Waals surface area contributed by atoms with Gasteiger partial charge in [-0.25, -0.2) is 0 Å². The Morgan fingerprint density at radius 2 is 2.00 bits per heavy atom. The first-order valence-electron chi connectivity index (χ1n) is 7.61. The maximum atomic E-state index is 11.7. The molecule has 1 aromatic rings. The van der Waals surface area contributed by atoms with E-state index in [1.807, 2.05) is 0 Å². The summed E-state index contributed by atoms with van der Waals surface area (Å²) in [4.78, 5) is 14.0. The number of carbonyl (C=O) groups excluding carboxylic acids is 1. The summed E-state index contributed by atoms with van der Waals surface area (Å²) in [7, 11) is 0. The van der Waals surface area contributed by atoms with Crippen molar-refractivity contribution in [1.29, 1.82) is 0 Å². The maximum Gasteiger partial charge on any atom is 0.220 e. The first kappa shape index (κ1) is 16.5. The van der Waals surface area contributed by atoms with Crippen LogP contribution in [0.1, 0.15) is 39.2 Å². The first-order chi connectivity index (χ1) is 9.54. The second-order valence-electron chi connectivity index (χ2n) is 5.65. The summed E-state index contributed by atoms with van der Waals surface area (Å²) in [6, 6.07) is 8.38. The number of hydrogen-bond acceptors (Lipinski definition) is 2. The molecule has 1 N–H and O–H groups in total. The third-order valence-electron chi connectivity index (χ3n) is 3.49. The lowest BCUT2D eigenvalue weighted by atomic mass is 10.1. The minimum atomic E-state index is 0.166. The minimum Gasteiger partial charge on any atom is -0.370 e. The number of likely N-dealkylation sites (N-methyl/N-ethyl adjacent to an activating group) is 1. The van der Waals surface area contributed by atoms with Crippen LogP contribution in [0, 0.1) is 12.8 Å². The number of hydrogen-bond donors (Lipinski definition) is 1. The fraction of sp³-hybridized carbons (Fsp3) is 0.588. The van der Waals surface area contributed by atoms with Crippen LogP contribution in [-0.4, -0.2) is 25.5 Å². The zero-order valence-electron chi connectivity index (χ0n) is 13.3. The zero-order valence-corrected chi connectivity index (χ0v) is 13.3. The molecule has 1 amide bonds. The Morgan fingerprint density at radius 3 is 2.60 bits per heavy atom. The van der Waals surface area contributed by atoms with Crippen molar-refractivity contribution in [2.24, 2.45) is 5.92 Å². The molecule has 0 aliphatic heterocycles. The third-order valence-corrected chi connectivity index (χ3v) is 3.49. The van der Waals surface area contributed by atoms with Gasteiger partial charge in [-0.3, -0.25) is 4.79 Å². The molecule has 0 aliphatic carbocycles. The molecule has 0 fully saturated rings. The quantitative estimate of drug-likeness (QED) is 0.789. The Balaban J connectivity index is 2.39. The molecule has 0 aromatic heterocycles. The molecule has 0 radical (unpaired) electrons. The van der Waals surface area contributed by atoms with Crippen molar-refractivity contribution in [2.75, 3.05) is 24.5 Å². The van der Waals surface area contributed by atoms with Crippen LogP contribution in [0.3, 0.4) is 0 Å². The highest BCUT2D eigenvalue weighted by Crippen LogP contribution is 2.18. The second-order valence-corrected chi connectivity index (χ2v) is 5.65. The van der Waals surface area contributed by atoms with Gasteiger partial charge in [0.1, 0.15) is 0 Å². The molecule has 20 heavy (non-hydrogen) atoms. The van der Waals surface area contributed by atoms with Gasteiger partial charge in [0.25, 0.3) is 0 Å². The highest BCUT2D eigenvalue weighted by atomic mass is 16.1. The van der Waals surface area contributed by atoms with E-state index < -0.39 is 0 Å². The van der Waals surface area contributed by atoms with E-state index in [1.165, 1.54) is 11.3 Å². The second kappa shape index (κ2) is 8.62. The van der Waals surface area contributed by atoms with Gasteiger partial charge in [0.05, 0.1) is 0 Å². The van der Waals surface area contributed by atoms with E-state index in [0.717, 1.165) is 19.5 Å². The van der Waals surface area contributed by atoms with E-state index in [-0.39, 0.29) is 5.91 Å². The molecule has 0 saturated heterocycles. The molecule has 0 spiro atoms. The van der Waals surface area contributed by atoms with E-state index in [1.54, 1.807) is 0 Å². The number of rotatable bonds is 8. The molecular weight excluding hydrogens is 248 g/mol. The number of benzene rings is 1.